The van der Waals surface area contributed by atoms with Gasteiger partial charge in [-0.05, 0) is 35.7 Å². The lowest BCUT2D eigenvalue weighted by Crippen LogP contribution is -2.23. The summed E-state index contributed by atoms with van der Waals surface area (Å²) in [6, 6.07) is 15.8. The van der Waals surface area contributed by atoms with Gasteiger partial charge in [0.05, 0.1) is 0 Å². The van der Waals surface area contributed by atoms with Gasteiger partial charge in [0.15, 0.2) is 0 Å². The third-order valence-corrected chi connectivity index (χ3v) is 3.29. The first-order valence-corrected chi connectivity index (χ1v) is 6.67. The fraction of sp³-hybridized carbons (Fsp3) is 0. The Morgan fingerprint density at radius 2 is 1.91 bits per heavy atom. The van der Waals surface area contributed by atoms with Gasteiger partial charge >= 0.3 is 0 Å². The lowest BCUT2D eigenvalue weighted by molar-refractivity contribution is 0.102. The lowest BCUT2D eigenvalue weighted by Gasteiger charge is -2.06. The Labute approximate surface area is 126 Å². The number of anilines is 1. The molecule has 0 unspecified atom stereocenters. The van der Waals surface area contributed by atoms with Crippen molar-refractivity contribution >= 4 is 22.5 Å². The van der Waals surface area contributed by atoms with Crippen molar-refractivity contribution in [2.45, 2.75) is 0 Å². The number of aromatic nitrogens is 1. The first-order chi connectivity index (χ1) is 10.7. The van der Waals surface area contributed by atoms with Crippen LogP contribution >= 0.6 is 0 Å². The summed E-state index contributed by atoms with van der Waals surface area (Å²) in [5.74, 6) is 2.03. The standard InChI is InChI=1S/C18H12N2O2/c1-2-12-6-5-8-14(10-12)19-17(21)15-11-13-7-3-4-9-16(13)20-18(15)22/h1,3-11H,(H,19,21)(H,20,22). The van der Waals surface area contributed by atoms with Crippen molar-refractivity contribution < 1.29 is 4.79 Å². The highest BCUT2D eigenvalue weighted by Crippen LogP contribution is 2.13. The van der Waals surface area contributed by atoms with Gasteiger partial charge in [-0.25, -0.2) is 0 Å². The van der Waals surface area contributed by atoms with E-state index in [1.165, 1.54) is 0 Å². The Morgan fingerprint density at radius 3 is 2.73 bits per heavy atom. The summed E-state index contributed by atoms with van der Waals surface area (Å²) in [7, 11) is 0. The molecule has 2 aromatic carbocycles. The highest BCUT2D eigenvalue weighted by Gasteiger charge is 2.12. The summed E-state index contributed by atoms with van der Waals surface area (Å²) in [5, 5.41) is 3.48. The summed E-state index contributed by atoms with van der Waals surface area (Å²) < 4.78 is 0. The molecule has 1 amide bonds. The van der Waals surface area contributed by atoms with E-state index in [9.17, 15) is 9.59 Å². The van der Waals surface area contributed by atoms with E-state index in [-0.39, 0.29) is 5.56 Å². The molecule has 0 radical (unpaired) electrons. The fourth-order valence-electron chi connectivity index (χ4n) is 2.20. The van der Waals surface area contributed by atoms with Crippen molar-refractivity contribution in [1.82, 2.24) is 4.98 Å². The third-order valence-electron chi connectivity index (χ3n) is 3.29. The van der Waals surface area contributed by atoms with Crippen LogP contribution in [0.3, 0.4) is 0 Å². The minimum atomic E-state index is -0.471. The smallest absolute Gasteiger partial charge is 0.261 e. The largest absolute Gasteiger partial charge is 0.322 e. The number of fused-ring (bicyclic) bond motifs is 1. The van der Waals surface area contributed by atoms with Gasteiger partial charge in [0.2, 0.25) is 0 Å². The number of hydrogen-bond donors (Lipinski definition) is 2. The second-order valence-corrected chi connectivity index (χ2v) is 4.78. The number of H-pyrrole nitrogens is 1. The SMILES string of the molecule is C#Cc1cccc(NC(=O)c2cc3ccccc3[nH]c2=O)c1. The minimum absolute atomic E-state index is 0.0600. The molecule has 0 spiro atoms. The number of benzene rings is 2. The van der Waals surface area contributed by atoms with Crippen LogP contribution in [0.4, 0.5) is 5.69 Å². The number of para-hydroxylation sites is 1. The zero-order valence-electron chi connectivity index (χ0n) is 11.6. The molecule has 0 bridgehead atoms. The summed E-state index contributed by atoms with van der Waals surface area (Å²) in [6.07, 6.45) is 5.33. The molecule has 106 valence electrons. The minimum Gasteiger partial charge on any atom is -0.322 e. The number of hydrogen-bond acceptors (Lipinski definition) is 2. The maximum atomic E-state index is 12.3. The molecule has 0 atom stereocenters. The van der Waals surface area contributed by atoms with E-state index in [4.69, 9.17) is 6.42 Å². The van der Waals surface area contributed by atoms with Crippen molar-refractivity contribution in [2.24, 2.45) is 0 Å². The number of carbonyl (C=O) groups is 1. The predicted octanol–water partition coefficient (Wildman–Crippen LogP) is 2.76. The summed E-state index contributed by atoms with van der Waals surface area (Å²) in [6.45, 7) is 0. The van der Waals surface area contributed by atoms with Crippen LogP contribution in [0.1, 0.15) is 15.9 Å². The average molecular weight is 288 g/mol. The quantitative estimate of drug-likeness (QED) is 0.712. The van der Waals surface area contributed by atoms with Crippen LogP contribution in [0.2, 0.25) is 0 Å². The summed E-state index contributed by atoms with van der Waals surface area (Å²) in [5.41, 5.74) is 1.53. The lowest BCUT2D eigenvalue weighted by atomic mass is 10.1. The third kappa shape index (κ3) is 2.60. The van der Waals surface area contributed by atoms with E-state index >= 15 is 0 Å². The van der Waals surface area contributed by atoms with Crippen molar-refractivity contribution in [2.75, 3.05) is 5.32 Å². The molecule has 4 heteroatoms. The van der Waals surface area contributed by atoms with Crippen molar-refractivity contribution in [3.63, 3.8) is 0 Å². The molecule has 4 nitrogen and oxygen atoms in total. The van der Waals surface area contributed by atoms with E-state index < -0.39 is 11.5 Å². The van der Waals surface area contributed by atoms with E-state index in [1.807, 2.05) is 18.2 Å². The van der Waals surface area contributed by atoms with Gasteiger partial charge in [0.25, 0.3) is 11.5 Å². The molecule has 0 fully saturated rings. The van der Waals surface area contributed by atoms with Crippen molar-refractivity contribution in [3.8, 4) is 12.3 Å². The van der Waals surface area contributed by atoms with Crippen molar-refractivity contribution in [3.05, 3.63) is 76.1 Å². The number of terminal acetylenes is 1. The van der Waals surface area contributed by atoms with Gasteiger partial charge in [-0.3, -0.25) is 9.59 Å². The molecule has 0 aliphatic heterocycles. The molecule has 0 saturated heterocycles. The monoisotopic (exact) mass is 288 g/mol. The Balaban J connectivity index is 1.96. The topological polar surface area (TPSA) is 62.0 Å². The van der Waals surface area contributed by atoms with Gasteiger partial charge in [-0.2, -0.15) is 0 Å². The highest BCUT2D eigenvalue weighted by atomic mass is 16.2. The maximum Gasteiger partial charge on any atom is 0.261 e. The molecular formula is C18H12N2O2. The number of pyridine rings is 1. The average Bonchev–Trinajstić information content (AvgIpc) is 2.54. The number of amides is 1. The Morgan fingerprint density at radius 1 is 1.09 bits per heavy atom. The van der Waals surface area contributed by atoms with Gasteiger partial charge in [0, 0.05) is 16.8 Å². The second-order valence-electron chi connectivity index (χ2n) is 4.78. The van der Waals surface area contributed by atoms with Crippen LogP contribution in [-0.4, -0.2) is 10.9 Å². The molecule has 1 heterocycles. The zero-order valence-corrected chi connectivity index (χ0v) is 11.6. The van der Waals surface area contributed by atoms with Crippen LogP contribution in [0.5, 0.6) is 0 Å². The van der Waals surface area contributed by atoms with E-state index in [0.717, 1.165) is 5.39 Å². The normalized spacial score (nSPS) is 10.1. The maximum absolute atomic E-state index is 12.3. The molecule has 0 saturated carbocycles. The predicted molar refractivity (Wildman–Crippen MR) is 86.9 cm³/mol. The second kappa shape index (κ2) is 5.58. The molecule has 2 N–H and O–H groups in total. The fourth-order valence-corrected chi connectivity index (χ4v) is 2.20. The number of nitrogens with one attached hydrogen (secondary N) is 2. The number of carbonyl (C=O) groups excluding carboxylic acids is 1. The van der Waals surface area contributed by atoms with Gasteiger partial charge in [-0.15, -0.1) is 6.42 Å². The Kier molecular flexibility index (Phi) is 3.47. The molecule has 3 rings (SSSR count). The molecule has 22 heavy (non-hydrogen) atoms. The Hall–Kier alpha value is -3.32. The molecule has 1 aromatic heterocycles. The van der Waals surface area contributed by atoms with Crippen LogP contribution in [0.15, 0.2) is 59.4 Å². The first-order valence-electron chi connectivity index (χ1n) is 6.67. The van der Waals surface area contributed by atoms with Gasteiger partial charge < -0.3 is 10.3 Å². The first kappa shape index (κ1) is 13.7. The van der Waals surface area contributed by atoms with Crippen LogP contribution in [0.25, 0.3) is 10.9 Å². The molecule has 0 aliphatic rings. The molecular weight excluding hydrogens is 276 g/mol. The molecule has 3 aromatic rings. The van der Waals surface area contributed by atoms with Crippen LogP contribution in [0, 0.1) is 12.3 Å². The summed E-state index contributed by atoms with van der Waals surface area (Å²) >= 11 is 0. The summed E-state index contributed by atoms with van der Waals surface area (Å²) in [4.78, 5) is 27.0. The van der Waals surface area contributed by atoms with E-state index in [0.29, 0.717) is 16.8 Å². The Bertz CT molecular complexity index is 964. The van der Waals surface area contributed by atoms with Crippen LogP contribution in [-0.2, 0) is 0 Å². The van der Waals surface area contributed by atoms with Crippen LogP contribution < -0.4 is 10.9 Å². The highest BCUT2D eigenvalue weighted by molar-refractivity contribution is 6.05. The van der Waals surface area contributed by atoms with Gasteiger partial charge in [0.1, 0.15) is 5.56 Å². The van der Waals surface area contributed by atoms with E-state index in [2.05, 4.69) is 16.2 Å². The van der Waals surface area contributed by atoms with E-state index in [1.54, 1.807) is 36.4 Å². The zero-order chi connectivity index (χ0) is 15.5. The van der Waals surface area contributed by atoms with Gasteiger partial charge in [-0.1, -0.05) is 30.2 Å². The van der Waals surface area contributed by atoms with Crippen molar-refractivity contribution in [1.29, 1.82) is 0 Å². The number of aromatic amines is 1. The number of rotatable bonds is 2. The molecule has 0 aliphatic carbocycles.